The van der Waals surface area contributed by atoms with Crippen LogP contribution >= 0.6 is 0 Å². The molecule has 2 saturated heterocycles. The number of carbonyl (C=O) groups is 2. The lowest BCUT2D eigenvalue weighted by Crippen LogP contribution is -2.40. The molecule has 3 aliphatic rings. The van der Waals surface area contributed by atoms with Crippen molar-refractivity contribution in [3.05, 3.63) is 18.0 Å². The summed E-state index contributed by atoms with van der Waals surface area (Å²) >= 11 is 0. The number of hydrogen-bond donors (Lipinski definition) is 0. The van der Waals surface area contributed by atoms with E-state index >= 15 is 0 Å². The number of aromatic nitrogens is 2. The van der Waals surface area contributed by atoms with Crippen LogP contribution in [0.25, 0.3) is 0 Å². The van der Waals surface area contributed by atoms with Gasteiger partial charge >= 0.3 is 0 Å². The Morgan fingerprint density at radius 3 is 2.80 bits per heavy atom. The van der Waals surface area contributed by atoms with E-state index in [9.17, 15) is 9.59 Å². The van der Waals surface area contributed by atoms with E-state index in [1.54, 1.807) is 0 Å². The summed E-state index contributed by atoms with van der Waals surface area (Å²) < 4.78 is 1.83. The highest BCUT2D eigenvalue weighted by molar-refractivity contribution is 5.89. The first-order valence-electron chi connectivity index (χ1n) is 9.38. The molecular formula is C18H27N5O2. The highest BCUT2D eigenvalue weighted by Crippen LogP contribution is 2.33. The van der Waals surface area contributed by atoms with Crippen molar-refractivity contribution in [1.29, 1.82) is 0 Å². The summed E-state index contributed by atoms with van der Waals surface area (Å²) in [4.78, 5) is 31.3. The Balaban J connectivity index is 1.31. The van der Waals surface area contributed by atoms with E-state index in [-0.39, 0.29) is 17.7 Å². The number of hydrogen-bond acceptors (Lipinski definition) is 4. The van der Waals surface area contributed by atoms with Gasteiger partial charge in [-0.25, -0.2) is 0 Å². The van der Waals surface area contributed by atoms with Crippen LogP contribution in [0.5, 0.6) is 0 Å². The molecule has 7 nitrogen and oxygen atoms in total. The molecule has 0 spiro atoms. The second-order valence-corrected chi connectivity index (χ2v) is 7.66. The topological polar surface area (TPSA) is 61.7 Å². The van der Waals surface area contributed by atoms with Gasteiger partial charge in [0.25, 0.3) is 0 Å². The highest BCUT2D eigenvalue weighted by atomic mass is 16.2. The molecule has 0 N–H and O–H groups in total. The summed E-state index contributed by atoms with van der Waals surface area (Å²) in [5, 5.41) is 4.22. The van der Waals surface area contributed by atoms with Crippen LogP contribution < -0.4 is 0 Å². The van der Waals surface area contributed by atoms with Gasteiger partial charge in [-0.1, -0.05) is 0 Å². The average Bonchev–Trinajstić information content (AvgIpc) is 3.30. The number of aryl methyl sites for hydroxylation is 1. The van der Waals surface area contributed by atoms with Crippen LogP contribution in [-0.2, 0) is 23.2 Å². The molecular weight excluding hydrogens is 318 g/mol. The highest BCUT2D eigenvalue weighted by Gasteiger charge is 2.42. The molecule has 3 heterocycles. The molecule has 1 aliphatic carbocycles. The van der Waals surface area contributed by atoms with Crippen molar-refractivity contribution in [2.24, 2.45) is 13.0 Å². The third-order valence-corrected chi connectivity index (χ3v) is 5.56. The zero-order valence-corrected chi connectivity index (χ0v) is 14.9. The largest absolute Gasteiger partial charge is 0.341 e. The molecule has 7 heteroatoms. The van der Waals surface area contributed by atoms with Crippen LogP contribution in [0, 0.1) is 5.92 Å². The van der Waals surface area contributed by atoms with Gasteiger partial charge < -0.3 is 9.80 Å². The number of amides is 2. The molecule has 0 radical (unpaired) electrons. The second kappa shape index (κ2) is 6.78. The fourth-order valence-corrected chi connectivity index (χ4v) is 4.06. The first kappa shape index (κ1) is 16.6. The predicted octanol–water partition coefficient (Wildman–Crippen LogP) is 0.465. The van der Waals surface area contributed by atoms with Crippen LogP contribution in [0.1, 0.15) is 31.2 Å². The number of nitrogens with zero attached hydrogens (tertiary/aromatic N) is 5. The summed E-state index contributed by atoms with van der Waals surface area (Å²) in [5.74, 6) is 0.228. The molecule has 2 amide bonds. The van der Waals surface area contributed by atoms with Gasteiger partial charge in [-0.05, 0) is 19.3 Å². The lowest BCUT2D eigenvalue weighted by atomic mass is 10.1. The van der Waals surface area contributed by atoms with Crippen LogP contribution in [0.2, 0.25) is 0 Å². The minimum atomic E-state index is -0.127. The molecule has 1 atom stereocenters. The fourth-order valence-electron chi connectivity index (χ4n) is 4.06. The third kappa shape index (κ3) is 3.71. The van der Waals surface area contributed by atoms with Crippen molar-refractivity contribution >= 4 is 11.8 Å². The molecule has 0 unspecified atom stereocenters. The van der Waals surface area contributed by atoms with Crippen molar-refractivity contribution in [3.63, 3.8) is 0 Å². The van der Waals surface area contributed by atoms with Gasteiger partial charge in [0.15, 0.2) is 0 Å². The van der Waals surface area contributed by atoms with E-state index < -0.39 is 0 Å². The predicted molar refractivity (Wildman–Crippen MR) is 92.5 cm³/mol. The van der Waals surface area contributed by atoms with Crippen LogP contribution in [0.4, 0.5) is 0 Å². The normalized spacial score (nSPS) is 25.5. The van der Waals surface area contributed by atoms with Crippen molar-refractivity contribution in [2.75, 3.05) is 32.7 Å². The Morgan fingerprint density at radius 1 is 1.24 bits per heavy atom. The summed E-state index contributed by atoms with van der Waals surface area (Å²) in [6.45, 7) is 4.96. The SMILES string of the molecule is Cn1cc(CN2CCCN(C(=O)[C@@H]3CC(=O)N(C4CC4)C3)CC2)cn1. The van der Waals surface area contributed by atoms with Gasteiger partial charge in [-0.3, -0.25) is 19.2 Å². The second-order valence-electron chi connectivity index (χ2n) is 7.66. The van der Waals surface area contributed by atoms with E-state index in [4.69, 9.17) is 0 Å². The van der Waals surface area contributed by atoms with Crippen molar-refractivity contribution in [2.45, 2.75) is 38.3 Å². The molecule has 136 valence electrons. The van der Waals surface area contributed by atoms with Crippen LogP contribution in [0.15, 0.2) is 12.4 Å². The Kier molecular flexibility index (Phi) is 4.50. The third-order valence-electron chi connectivity index (χ3n) is 5.56. The number of rotatable bonds is 4. The zero-order chi connectivity index (χ0) is 17.4. The van der Waals surface area contributed by atoms with E-state index in [0.717, 1.165) is 52.0 Å². The molecule has 2 aliphatic heterocycles. The molecule has 0 bridgehead atoms. The van der Waals surface area contributed by atoms with Crippen molar-refractivity contribution < 1.29 is 9.59 Å². The monoisotopic (exact) mass is 345 g/mol. The molecule has 4 rings (SSSR count). The maximum absolute atomic E-state index is 12.9. The van der Waals surface area contributed by atoms with E-state index in [0.29, 0.717) is 19.0 Å². The molecule has 0 aromatic carbocycles. The first-order valence-corrected chi connectivity index (χ1v) is 9.38. The Labute approximate surface area is 148 Å². The minimum Gasteiger partial charge on any atom is -0.341 e. The summed E-state index contributed by atoms with van der Waals surface area (Å²) in [7, 11) is 1.93. The Hall–Kier alpha value is -1.89. The van der Waals surface area contributed by atoms with Crippen molar-refractivity contribution in [3.8, 4) is 0 Å². The molecule has 1 aromatic heterocycles. The summed E-state index contributed by atoms with van der Waals surface area (Å²) in [5.41, 5.74) is 1.21. The summed E-state index contributed by atoms with van der Waals surface area (Å²) in [6.07, 6.45) is 7.57. The average molecular weight is 345 g/mol. The van der Waals surface area contributed by atoms with Gasteiger partial charge in [-0.2, -0.15) is 5.10 Å². The first-order chi connectivity index (χ1) is 12.1. The molecule has 3 fully saturated rings. The van der Waals surface area contributed by atoms with Crippen molar-refractivity contribution in [1.82, 2.24) is 24.5 Å². The van der Waals surface area contributed by atoms with E-state index in [2.05, 4.69) is 10.00 Å². The van der Waals surface area contributed by atoms with Crippen LogP contribution in [0.3, 0.4) is 0 Å². The van der Waals surface area contributed by atoms with E-state index in [1.165, 1.54) is 5.56 Å². The van der Waals surface area contributed by atoms with Gasteiger partial charge in [0.2, 0.25) is 11.8 Å². The van der Waals surface area contributed by atoms with E-state index in [1.807, 2.05) is 33.9 Å². The van der Waals surface area contributed by atoms with Crippen LogP contribution in [-0.4, -0.2) is 75.1 Å². The Morgan fingerprint density at radius 2 is 2.08 bits per heavy atom. The number of carbonyl (C=O) groups excluding carboxylic acids is 2. The molecule has 25 heavy (non-hydrogen) atoms. The molecule has 1 saturated carbocycles. The minimum absolute atomic E-state index is 0.127. The zero-order valence-electron chi connectivity index (χ0n) is 14.9. The van der Waals surface area contributed by atoms with Gasteiger partial charge in [-0.15, -0.1) is 0 Å². The molecule has 1 aromatic rings. The quantitative estimate of drug-likeness (QED) is 0.796. The Bertz CT molecular complexity index is 654. The number of likely N-dealkylation sites (tertiary alicyclic amines) is 1. The standard InChI is InChI=1S/C18H27N5O2/c1-20-11-14(10-19-20)12-21-5-2-6-22(8-7-21)18(25)15-9-17(24)23(13-15)16-3-4-16/h10-11,15-16H,2-9,12-13H2,1H3/t15-/m1/s1. The van der Waals surface area contributed by atoms with Gasteiger partial charge in [0.1, 0.15) is 0 Å². The lowest BCUT2D eigenvalue weighted by molar-refractivity contribution is -0.135. The summed E-state index contributed by atoms with van der Waals surface area (Å²) in [6, 6.07) is 0.421. The maximum atomic E-state index is 12.9. The lowest BCUT2D eigenvalue weighted by Gasteiger charge is -2.24. The maximum Gasteiger partial charge on any atom is 0.228 e. The van der Waals surface area contributed by atoms with Gasteiger partial charge in [0, 0.05) is 70.5 Å². The smallest absolute Gasteiger partial charge is 0.228 e. The fraction of sp³-hybridized carbons (Fsp3) is 0.722. The van der Waals surface area contributed by atoms with Gasteiger partial charge in [0.05, 0.1) is 12.1 Å².